The second-order valence-electron chi connectivity index (χ2n) is 8.58. The molecule has 27 heavy (non-hydrogen) atoms. The van der Waals surface area contributed by atoms with Crippen LogP contribution < -0.4 is 0 Å². The van der Waals surface area contributed by atoms with Crippen LogP contribution >= 0.6 is 0 Å². The Balaban J connectivity index is 1.69. The number of allylic oxidation sites excluding steroid dienone is 1. The minimum absolute atomic E-state index is 0.0105. The largest absolute Gasteiger partial charge is 0.743 e. The van der Waals surface area contributed by atoms with Gasteiger partial charge in [-0.1, -0.05) is 6.58 Å². The number of ether oxygens (including phenoxy) is 1. The molecule has 4 rings (SSSR count). The molecule has 4 saturated carbocycles. The van der Waals surface area contributed by atoms with Crippen LogP contribution in [0, 0.1) is 29.1 Å². The average molecular weight is 405 g/mol. The maximum absolute atomic E-state index is 13.3. The molecule has 0 spiro atoms. The smallest absolute Gasteiger partial charge is 0.367 e. The van der Waals surface area contributed by atoms with E-state index in [0.29, 0.717) is 30.8 Å². The van der Waals surface area contributed by atoms with Crippen molar-refractivity contribution in [2.45, 2.75) is 50.7 Å². The molecule has 0 saturated heterocycles. The summed E-state index contributed by atoms with van der Waals surface area (Å²) in [7, 11) is -5.89. The Morgan fingerprint density at radius 1 is 1.22 bits per heavy atom. The number of rotatable bonds is 7. The number of halogens is 2. The van der Waals surface area contributed by atoms with E-state index in [1.165, 1.54) is 0 Å². The van der Waals surface area contributed by atoms with Gasteiger partial charge in [0.2, 0.25) is 0 Å². The molecule has 0 aromatic rings. The lowest BCUT2D eigenvalue weighted by atomic mass is 9.45. The first kappa shape index (κ1) is 20.4. The summed E-state index contributed by atoms with van der Waals surface area (Å²) < 4.78 is 62.8. The quantitative estimate of drug-likeness (QED) is 0.367. The zero-order chi connectivity index (χ0) is 20.2. The topological polar surface area (TPSA) is 101 Å². The number of Topliss-reactive ketones (excluding diaryl/α,β-unsaturated/α-hetero) is 1. The molecule has 0 amide bonds. The van der Waals surface area contributed by atoms with Gasteiger partial charge >= 0.3 is 11.2 Å². The van der Waals surface area contributed by atoms with E-state index in [1.807, 2.05) is 0 Å². The number of hydrogen-bond donors (Lipinski definition) is 0. The first-order valence-electron chi connectivity index (χ1n) is 9.02. The fourth-order valence-electron chi connectivity index (χ4n) is 5.61. The molecule has 4 bridgehead atoms. The van der Waals surface area contributed by atoms with Crippen molar-refractivity contribution < 1.29 is 36.1 Å². The Labute approximate surface area is 157 Å². The standard InChI is InChI=1S/C18H24F2O6S/c1-10(2)14(21)8-17-5-11-3-12(6-17)15(13(4-11)7-17)16(22)26-9-18(19,20)27(23,24)25/h11-13,15H,1,3-9H2,2H3,(H,23,24,25)/p-1. The van der Waals surface area contributed by atoms with Gasteiger partial charge in [-0.25, -0.2) is 8.42 Å². The van der Waals surface area contributed by atoms with E-state index in [2.05, 4.69) is 11.3 Å². The van der Waals surface area contributed by atoms with Crippen LogP contribution in [0.3, 0.4) is 0 Å². The molecule has 0 aliphatic heterocycles. The number of esters is 1. The second-order valence-corrected chi connectivity index (χ2v) is 10.1. The number of ketones is 1. The van der Waals surface area contributed by atoms with Crippen molar-refractivity contribution in [2.75, 3.05) is 6.61 Å². The van der Waals surface area contributed by atoms with Gasteiger partial charge in [0.05, 0.1) is 5.92 Å². The molecular formula is C18H23F2O6S-. The third-order valence-corrected chi connectivity index (χ3v) is 7.28. The Hall–Kier alpha value is -1.35. The van der Waals surface area contributed by atoms with Crippen molar-refractivity contribution in [2.24, 2.45) is 29.1 Å². The van der Waals surface area contributed by atoms with Crippen LogP contribution in [-0.4, -0.2) is 36.6 Å². The van der Waals surface area contributed by atoms with Crippen LogP contribution in [-0.2, 0) is 24.4 Å². The Morgan fingerprint density at radius 2 is 1.78 bits per heavy atom. The Bertz CT molecular complexity index is 759. The lowest BCUT2D eigenvalue weighted by Crippen LogP contribution is -2.54. The fraction of sp³-hybridized carbons (Fsp3) is 0.778. The second kappa shape index (κ2) is 6.62. The molecular weight excluding hydrogens is 382 g/mol. The summed E-state index contributed by atoms with van der Waals surface area (Å²) in [5.41, 5.74) is 0.328. The van der Waals surface area contributed by atoms with Crippen molar-refractivity contribution in [1.29, 1.82) is 0 Å². The number of carbonyl (C=O) groups is 2. The minimum atomic E-state index is -5.89. The molecule has 2 atom stereocenters. The summed E-state index contributed by atoms with van der Waals surface area (Å²) in [5.74, 6) is -1.18. The molecule has 0 N–H and O–H groups in total. The van der Waals surface area contributed by atoms with Gasteiger partial charge in [0, 0.05) is 6.42 Å². The van der Waals surface area contributed by atoms with Gasteiger partial charge in [-0.3, -0.25) is 9.59 Å². The molecule has 0 radical (unpaired) electrons. The van der Waals surface area contributed by atoms with Gasteiger partial charge in [-0.2, -0.15) is 8.78 Å². The lowest BCUT2D eigenvalue weighted by Gasteiger charge is -2.59. The van der Waals surface area contributed by atoms with Crippen molar-refractivity contribution in [3.05, 3.63) is 12.2 Å². The molecule has 2 unspecified atom stereocenters. The average Bonchev–Trinajstić information content (AvgIpc) is 2.50. The van der Waals surface area contributed by atoms with E-state index in [1.54, 1.807) is 6.92 Å². The zero-order valence-corrected chi connectivity index (χ0v) is 15.9. The van der Waals surface area contributed by atoms with Crippen LogP contribution in [0.5, 0.6) is 0 Å². The van der Waals surface area contributed by atoms with E-state index in [0.717, 1.165) is 19.3 Å². The maximum Gasteiger partial charge on any atom is 0.367 e. The summed E-state index contributed by atoms with van der Waals surface area (Å²) in [5, 5.41) is -4.64. The van der Waals surface area contributed by atoms with Crippen LogP contribution in [0.2, 0.25) is 0 Å². The third kappa shape index (κ3) is 3.81. The van der Waals surface area contributed by atoms with Gasteiger partial charge in [0.25, 0.3) is 0 Å². The predicted molar refractivity (Wildman–Crippen MR) is 89.5 cm³/mol. The van der Waals surface area contributed by atoms with Crippen LogP contribution in [0.4, 0.5) is 8.78 Å². The summed E-state index contributed by atoms with van der Waals surface area (Å²) in [6.45, 7) is 3.61. The van der Waals surface area contributed by atoms with E-state index >= 15 is 0 Å². The van der Waals surface area contributed by atoms with Gasteiger partial charge in [0.1, 0.15) is 0 Å². The molecule has 0 aromatic heterocycles. The van der Waals surface area contributed by atoms with E-state index < -0.39 is 33.9 Å². The van der Waals surface area contributed by atoms with E-state index in [9.17, 15) is 31.3 Å². The van der Waals surface area contributed by atoms with Crippen LogP contribution in [0.25, 0.3) is 0 Å². The molecule has 9 heteroatoms. The van der Waals surface area contributed by atoms with Gasteiger partial charge in [-0.15, -0.1) is 0 Å². The molecule has 0 heterocycles. The zero-order valence-electron chi connectivity index (χ0n) is 15.1. The molecule has 4 aliphatic carbocycles. The lowest BCUT2D eigenvalue weighted by molar-refractivity contribution is -0.174. The van der Waals surface area contributed by atoms with Crippen LogP contribution in [0.15, 0.2) is 12.2 Å². The van der Waals surface area contributed by atoms with Crippen LogP contribution in [0.1, 0.15) is 45.4 Å². The fourth-order valence-corrected chi connectivity index (χ4v) is 5.81. The highest BCUT2D eigenvalue weighted by atomic mass is 32.2. The summed E-state index contributed by atoms with van der Waals surface area (Å²) in [6.07, 6.45) is 4.16. The van der Waals surface area contributed by atoms with Gasteiger partial charge < -0.3 is 9.29 Å². The van der Waals surface area contributed by atoms with Crippen molar-refractivity contribution in [1.82, 2.24) is 0 Å². The highest BCUT2D eigenvalue weighted by molar-refractivity contribution is 7.86. The van der Waals surface area contributed by atoms with Crippen molar-refractivity contribution >= 4 is 21.9 Å². The highest BCUT2D eigenvalue weighted by Gasteiger charge is 2.58. The molecule has 0 aromatic carbocycles. The van der Waals surface area contributed by atoms with Crippen molar-refractivity contribution in [3.8, 4) is 0 Å². The predicted octanol–water partition coefficient (Wildman–Crippen LogP) is 2.65. The normalized spacial score (nSPS) is 35.1. The number of carbonyl (C=O) groups excluding carboxylic acids is 2. The Kier molecular flexibility index (Phi) is 5.00. The van der Waals surface area contributed by atoms with Gasteiger partial charge in [-0.05, 0) is 67.8 Å². The first-order valence-corrected chi connectivity index (χ1v) is 10.4. The molecule has 4 fully saturated rings. The maximum atomic E-state index is 13.3. The molecule has 152 valence electrons. The highest BCUT2D eigenvalue weighted by Crippen LogP contribution is 2.63. The third-order valence-electron chi connectivity index (χ3n) is 6.43. The summed E-state index contributed by atoms with van der Waals surface area (Å²) >= 11 is 0. The molecule has 6 nitrogen and oxygen atoms in total. The monoisotopic (exact) mass is 405 g/mol. The van der Waals surface area contributed by atoms with Crippen molar-refractivity contribution in [3.63, 3.8) is 0 Å². The molecule has 4 aliphatic rings. The summed E-state index contributed by atoms with van der Waals surface area (Å²) in [6, 6.07) is 0. The number of hydrogen-bond acceptors (Lipinski definition) is 6. The summed E-state index contributed by atoms with van der Waals surface area (Å²) in [4.78, 5) is 24.6. The van der Waals surface area contributed by atoms with E-state index in [4.69, 9.17) is 0 Å². The minimum Gasteiger partial charge on any atom is -0.743 e. The number of alkyl halides is 2. The first-order chi connectivity index (χ1) is 12.3. The Morgan fingerprint density at radius 3 is 2.26 bits per heavy atom. The van der Waals surface area contributed by atoms with Gasteiger partial charge in [0.15, 0.2) is 22.5 Å². The van der Waals surface area contributed by atoms with E-state index in [-0.39, 0.29) is 23.0 Å². The SMILES string of the molecule is C=C(C)C(=O)CC12CC3CC(C1)C(C(=O)OCC(F)(F)S(=O)(=O)[O-])C(C3)C2.